The van der Waals surface area contributed by atoms with E-state index in [4.69, 9.17) is 9.97 Å². The lowest BCUT2D eigenvalue weighted by molar-refractivity contribution is 0.0922. The van der Waals surface area contributed by atoms with Crippen LogP contribution in [0.25, 0.3) is 10.9 Å². The van der Waals surface area contributed by atoms with Crippen LogP contribution in [0.1, 0.15) is 36.0 Å². The number of hydrogen-bond acceptors (Lipinski definition) is 5. The first-order valence-corrected chi connectivity index (χ1v) is 11.8. The van der Waals surface area contributed by atoms with Crippen molar-refractivity contribution >= 4 is 51.2 Å². The summed E-state index contributed by atoms with van der Waals surface area (Å²) in [5.74, 6) is 2.19. The summed E-state index contributed by atoms with van der Waals surface area (Å²) in [6, 6.07) is 16.1. The first-order chi connectivity index (χ1) is 15.0. The minimum Gasteiger partial charge on any atom is -0.362 e. The van der Waals surface area contributed by atoms with Crippen LogP contribution in [0, 0.1) is 9.49 Å². The molecule has 1 amide bonds. The molecule has 0 bridgehead atoms. The van der Waals surface area contributed by atoms with E-state index in [0.29, 0.717) is 11.9 Å². The number of hydrogen-bond donors (Lipinski definition) is 2. The quantitative estimate of drug-likeness (QED) is 0.453. The zero-order valence-electron chi connectivity index (χ0n) is 17.9. The summed E-state index contributed by atoms with van der Waals surface area (Å²) in [5.41, 5.74) is 1.68. The van der Waals surface area contributed by atoms with Gasteiger partial charge in [0.25, 0.3) is 5.91 Å². The normalized spacial score (nSPS) is 18.5. The van der Waals surface area contributed by atoms with Crippen LogP contribution in [0.4, 0.5) is 11.8 Å². The third kappa shape index (κ3) is 5.44. The molecule has 1 saturated carbocycles. The van der Waals surface area contributed by atoms with Crippen LogP contribution in [-0.4, -0.2) is 42.6 Å². The number of carbonyl (C=O) groups is 1. The highest BCUT2D eigenvalue weighted by molar-refractivity contribution is 14.1. The van der Waals surface area contributed by atoms with Crippen LogP contribution in [-0.2, 0) is 0 Å². The van der Waals surface area contributed by atoms with Crippen molar-refractivity contribution in [3.8, 4) is 0 Å². The highest BCUT2D eigenvalue weighted by Crippen LogP contribution is 2.27. The molecular weight excluding hydrogens is 501 g/mol. The van der Waals surface area contributed by atoms with Crippen LogP contribution in [0.3, 0.4) is 0 Å². The smallest absolute Gasteiger partial charge is 0.251 e. The molecule has 1 aliphatic rings. The molecule has 1 fully saturated rings. The van der Waals surface area contributed by atoms with Gasteiger partial charge >= 0.3 is 0 Å². The van der Waals surface area contributed by atoms with Crippen LogP contribution in [0.5, 0.6) is 0 Å². The predicted octanol–water partition coefficient (Wildman–Crippen LogP) is 4.70. The van der Waals surface area contributed by atoms with Gasteiger partial charge in [-0.2, -0.15) is 4.98 Å². The molecule has 162 valence electrons. The van der Waals surface area contributed by atoms with E-state index in [1.54, 1.807) is 0 Å². The third-order valence-electron chi connectivity index (χ3n) is 5.84. The molecule has 0 aliphatic heterocycles. The minimum absolute atomic E-state index is 0.0266. The van der Waals surface area contributed by atoms with Crippen LogP contribution >= 0.6 is 22.6 Å². The lowest BCUT2D eigenvalue weighted by Crippen LogP contribution is -2.38. The zero-order valence-corrected chi connectivity index (χ0v) is 20.1. The number of benzene rings is 2. The van der Waals surface area contributed by atoms with Crippen LogP contribution in [0.2, 0.25) is 0 Å². The van der Waals surface area contributed by atoms with Crippen LogP contribution < -0.4 is 15.5 Å². The maximum absolute atomic E-state index is 12.5. The van der Waals surface area contributed by atoms with E-state index in [9.17, 15) is 4.79 Å². The second-order valence-electron chi connectivity index (χ2n) is 8.36. The number of rotatable bonds is 6. The molecule has 2 aromatic carbocycles. The number of aromatic nitrogens is 2. The standard InChI is InChI=1S/C24H28IN5O/c1-30(2)22-20-5-3-4-6-21(20)28-24(29-22)26-15-16-7-13-19(14-8-16)27-23(31)17-9-11-18(25)12-10-17/h3-6,9-12,16,19H,7-8,13-15H2,1-2H3,(H,27,31)(H,26,28,29). The zero-order chi connectivity index (χ0) is 21.8. The van der Waals surface area contributed by atoms with Crippen molar-refractivity contribution in [2.24, 2.45) is 5.92 Å². The highest BCUT2D eigenvalue weighted by Gasteiger charge is 2.23. The molecule has 1 heterocycles. The number of anilines is 2. The molecule has 6 nitrogen and oxygen atoms in total. The molecule has 0 unspecified atom stereocenters. The van der Waals surface area contributed by atoms with Crippen molar-refractivity contribution in [1.29, 1.82) is 0 Å². The van der Waals surface area contributed by atoms with E-state index >= 15 is 0 Å². The monoisotopic (exact) mass is 529 g/mol. The predicted molar refractivity (Wildman–Crippen MR) is 135 cm³/mol. The SMILES string of the molecule is CN(C)c1nc(NCC2CCC(NC(=O)c3ccc(I)cc3)CC2)nc2ccccc12. The van der Waals surface area contributed by atoms with Crippen molar-refractivity contribution in [2.75, 3.05) is 30.9 Å². The summed E-state index contributed by atoms with van der Waals surface area (Å²) in [6.07, 6.45) is 4.17. The van der Waals surface area contributed by atoms with Gasteiger partial charge in [-0.05, 0) is 90.6 Å². The highest BCUT2D eigenvalue weighted by atomic mass is 127. The molecule has 0 radical (unpaired) electrons. The fourth-order valence-corrected chi connectivity index (χ4v) is 4.46. The van der Waals surface area contributed by atoms with Gasteiger partial charge in [0.05, 0.1) is 5.52 Å². The van der Waals surface area contributed by atoms with Crippen molar-refractivity contribution in [2.45, 2.75) is 31.7 Å². The van der Waals surface area contributed by atoms with Gasteiger partial charge in [0.15, 0.2) is 0 Å². The van der Waals surface area contributed by atoms with Gasteiger partial charge in [-0.3, -0.25) is 4.79 Å². The number of fused-ring (bicyclic) bond motifs is 1. The van der Waals surface area contributed by atoms with Crippen molar-refractivity contribution in [3.63, 3.8) is 0 Å². The average Bonchev–Trinajstić information content (AvgIpc) is 2.78. The number of nitrogens with zero attached hydrogens (tertiary/aromatic N) is 3. The fourth-order valence-electron chi connectivity index (χ4n) is 4.10. The molecule has 2 N–H and O–H groups in total. The number of amides is 1. The molecule has 0 atom stereocenters. The summed E-state index contributed by atoms with van der Waals surface area (Å²) in [6.45, 7) is 0.850. The Bertz CT molecular complexity index is 1050. The number of para-hydroxylation sites is 1. The van der Waals surface area contributed by atoms with Gasteiger partial charge in [-0.15, -0.1) is 0 Å². The van der Waals surface area contributed by atoms with Crippen molar-refractivity contribution < 1.29 is 4.79 Å². The summed E-state index contributed by atoms with van der Waals surface area (Å²) in [4.78, 5) is 23.9. The molecule has 1 aliphatic carbocycles. The Hall–Kier alpha value is -2.42. The topological polar surface area (TPSA) is 70.2 Å². The Morgan fingerprint density at radius 1 is 1.03 bits per heavy atom. The summed E-state index contributed by atoms with van der Waals surface area (Å²) in [5, 5.41) is 7.71. The Labute approximate surface area is 197 Å². The molecular formula is C24H28IN5O. The first kappa shape index (κ1) is 21.8. The van der Waals surface area contributed by atoms with Gasteiger partial charge in [0.1, 0.15) is 5.82 Å². The molecule has 1 aromatic heterocycles. The Kier molecular flexibility index (Phi) is 6.89. The second kappa shape index (κ2) is 9.80. The summed E-state index contributed by atoms with van der Waals surface area (Å²) in [7, 11) is 4.01. The largest absolute Gasteiger partial charge is 0.362 e. The Balaban J connectivity index is 1.30. The fraction of sp³-hybridized carbons (Fsp3) is 0.375. The Morgan fingerprint density at radius 2 is 1.74 bits per heavy atom. The van der Waals surface area contributed by atoms with Gasteiger partial charge in [-0.1, -0.05) is 12.1 Å². The lowest BCUT2D eigenvalue weighted by Gasteiger charge is -2.29. The maximum Gasteiger partial charge on any atom is 0.251 e. The molecule has 7 heteroatoms. The minimum atomic E-state index is 0.0266. The summed E-state index contributed by atoms with van der Waals surface area (Å²) < 4.78 is 1.13. The Morgan fingerprint density at radius 3 is 2.45 bits per heavy atom. The van der Waals surface area contributed by atoms with Gasteiger partial charge in [-0.25, -0.2) is 4.98 Å². The third-order valence-corrected chi connectivity index (χ3v) is 6.56. The molecule has 4 rings (SSSR count). The number of carbonyl (C=O) groups excluding carboxylic acids is 1. The molecule has 3 aromatic rings. The molecule has 31 heavy (non-hydrogen) atoms. The average molecular weight is 529 g/mol. The van der Waals surface area contributed by atoms with E-state index in [1.165, 1.54) is 0 Å². The number of halogens is 1. The lowest BCUT2D eigenvalue weighted by atomic mass is 9.86. The van der Waals surface area contributed by atoms with Gasteiger partial charge in [0, 0.05) is 41.2 Å². The number of nitrogens with one attached hydrogen (secondary N) is 2. The van der Waals surface area contributed by atoms with Crippen molar-refractivity contribution in [3.05, 3.63) is 57.7 Å². The molecule has 0 saturated heterocycles. The maximum atomic E-state index is 12.5. The van der Waals surface area contributed by atoms with Gasteiger partial charge in [0.2, 0.25) is 5.95 Å². The van der Waals surface area contributed by atoms with Gasteiger partial charge < -0.3 is 15.5 Å². The van der Waals surface area contributed by atoms with E-state index in [-0.39, 0.29) is 11.9 Å². The van der Waals surface area contributed by atoms with E-state index < -0.39 is 0 Å². The van der Waals surface area contributed by atoms with E-state index in [1.807, 2.05) is 61.5 Å². The molecule has 0 spiro atoms. The summed E-state index contributed by atoms with van der Waals surface area (Å²) >= 11 is 2.25. The van der Waals surface area contributed by atoms with E-state index in [0.717, 1.165) is 58.1 Å². The second-order valence-corrected chi connectivity index (χ2v) is 9.61. The van der Waals surface area contributed by atoms with Crippen molar-refractivity contribution in [1.82, 2.24) is 15.3 Å². The first-order valence-electron chi connectivity index (χ1n) is 10.7. The van der Waals surface area contributed by atoms with Crippen LogP contribution in [0.15, 0.2) is 48.5 Å². The van der Waals surface area contributed by atoms with E-state index in [2.05, 4.69) is 39.3 Å².